The third kappa shape index (κ3) is 5.51. The summed E-state index contributed by atoms with van der Waals surface area (Å²) in [6.07, 6.45) is 1.81. The van der Waals surface area contributed by atoms with E-state index in [9.17, 15) is 23.9 Å². The van der Waals surface area contributed by atoms with E-state index < -0.39 is 17.2 Å². The number of ether oxygens (including phenoxy) is 1. The topological polar surface area (TPSA) is 90.4 Å². The number of hydrogen-bond acceptors (Lipinski definition) is 4. The average Bonchev–Trinajstić information content (AvgIpc) is 2.90. The zero-order valence-corrected chi connectivity index (χ0v) is 20.4. The van der Waals surface area contributed by atoms with Gasteiger partial charge in [0, 0.05) is 44.5 Å². The van der Waals surface area contributed by atoms with Gasteiger partial charge in [-0.25, -0.2) is 9.18 Å². The van der Waals surface area contributed by atoms with Gasteiger partial charge in [0.25, 0.3) is 0 Å². The number of urea groups is 1. The molecule has 2 aliphatic rings. The molecular weight excluding hydrogens is 465 g/mol. The molecule has 2 heterocycles. The lowest BCUT2D eigenvalue weighted by Gasteiger charge is -2.41. The van der Waals surface area contributed by atoms with Crippen molar-refractivity contribution in [3.8, 4) is 0 Å². The van der Waals surface area contributed by atoms with Gasteiger partial charge in [0.05, 0.1) is 18.1 Å². The Morgan fingerprint density at radius 2 is 1.72 bits per heavy atom. The molecule has 0 bridgehead atoms. The molecule has 0 aromatic heterocycles. The Hall–Kier alpha value is -3.46. The molecule has 2 saturated heterocycles. The molecule has 2 aliphatic heterocycles. The van der Waals surface area contributed by atoms with Gasteiger partial charge >= 0.3 is 12.0 Å². The molecule has 2 fully saturated rings. The highest BCUT2D eigenvalue weighted by Crippen LogP contribution is 2.38. The van der Waals surface area contributed by atoms with E-state index in [0.717, 1.165) is 18.5 Å². The summed E-state index contributed by atoms with van der Waals surface area (Å²) >= 11 is 0. The number of aliphatic carboxylic acids is 1. The summed E-state index contributed by atoms with van der Waals surface area (Å²) in [5.74, 6) is -1.66. The lowest BCUT2D eigenvalue weighted by molar-refractivity contribution is -0.154. The minimum atomic E-state index is -1.26. The summed E-state index contributed by atoms with van der Waals surface area (Å²) in [6.45, 7) is 1.49. The van der Waals surface area contributed by atoms with Gasteiger partial charge in [0.1, 0.15) is 5.82 Å². The summed E-state index contributed by atoms with van der Waals surface area (Å²) in [5, 5.41) is 10.2. The molecule has 1 unspecified atom stereocenters. The van der Waals surface area contributed by atoms with Gasteiger partial charge in [0.15, 0.2) is 0 Å². The second-order valence-electron chi connectivity index (χ2n) is 9.54. The van der Waals surface area contributed by atoms with Crippen molar-refractivity contribution >= 4 is 29.3 Å². The molecule has 2 aromatic carbocycles. The second kappa shape index (κ2) is 11.1. The molecule has 2 aromatic rings. The van der Waals surface area contributed by atoms with Gasteiger partial charge in [0.2, 0.25) is 5.91 Å². The largest absolute Gasteiger partial charge is 0.481 e. The van der Waals surface area contributed by atoms with E-state index in [1.54, 1.807) is 16.8 Å². The van der Waals surface area contributed by atoms with Crippen LogP contribution in [-0.4, -0.2) is 67.3 Å². The van der Waals surface area contributed by atoms with Crippen LogP contribution in [0.4, 0.5) is 20.6 Å². The van der Waals surface area contributed by atoms with Crippen LogP contribution in [0.15, 0.2) is 54.6 Å². The Labute approximate surface area is 210 Å². The van der Waals surface area contributed by atoms with E-state index in [1.165, 1.54) is 29.2 Å². The molecule has 36 heavy (non-hydrogen) atoms. The Morgan fingerprint density at radius 1 is 1.06 bits per heavy atom. The molecule has 0 saturated carbocycles. The average molecular weight is 498 g/mol. The number of carbonyl (C=O) groups excluding carboxylic acids is 2. The van der Waals surface area contributed by atoms with Gasteiger partial charge in [-0.2, -0.15) is 0 Å². The number of carboxylic acids is 1. The van der Waals surface area contributed by atoms with Crippen molar-refractivity contribution < 1.29 is 28.6 Å². The van der Waals surface area contributed by atoms with Gasteiger partial charge < -0.3 is 19.6 Å². The summed E-state index contributed by atoms with van der Waals surface area (Å²) in [5.41, 5.74) is 0.0112. The van der Waals surface area contributed by atoms with E-state index in [-0.39, 0.29) is 50.3 Å². The van der Waals surface area contributed by atoms with Crippen LogP contribution in [0.1, 0.15) is 32.1 Å². The Bertz CT molecular complexity index is 1060. The third-order valence-corrected chi connectivity index (χ3v) is 7.24. The number of anilines is 2. The Kier molecular flexibility index (Phi) is 7.88. The van der Waals surface area contributed by atoms with E-state index in [1.807, 2.05) is 30.3 Å². The van der Waals surface area contributed by atoms with Crippen LogP contribution in [-0.2, 0) is 14.3 Å². The van der Waals surface area contributed by atoms with Crippen molar-refractivity contribution in [3.05, 3.63) is 60.4 Å². The fourth-order valence-corrected chi connectivity index (χ4v) is 5.03. The molecule has 8 nitrogen and oxygen atoms in total. The fraction of sp³-hybridized carbons (Fsp3) is 0.444. The number of carbonyl (C=O) groups is 3. The number of piperidine rings is 1. The highest BCUT2D eigenvalue weighted by Gasteiger charge is 2.46. The van der Waals surface area contributed by atoms with Gasteiger partial charge in [-0.15, -0.1) is 0 Å². The number of hydrogen-bond donors (Lipinski definition) is 1. The first-order valence-electron chi connectivity index (χ1n) is 12.3. The van der Waals surface area contributed by atoms with Gasteiger partial charge in [-0.05, 0) is 62.1 Å². The standard InChI is InChI=1S/C27H32FN3O5/c1-29(21-11-9-20(28)10-12-21)26(35)30-15-13-27(14-16-30,25(33)34)18-24(32)31(22-6-3-2-4-7-22)23-8-5-17-36-19-23/h2-4,6-7,9-12,23H,5,8,13-19H2,1H3,(H,33,34). The SMILES string of the molecule is CN(C(=O)N1CCC(CC(=O)N(c2ccccc2)C2CCCOC2)(C(=O)O)CC1)c1ccc(F)cc1. The third-order valence-electron chi connectivity index (χ3n) is 7.24. The molecule has 0 radical (unpaired) electrons. The fourth-order valence-electron chi connectivity index (χ4n) is 5.03. The molecule has 0 spiro atoms. The molecule has 1 N–H and O–H groups in total. The molecule has 192 valence electrons. The summed E-state index contributed by atoms with van der Waals surface area (Å²) in [6, 6.07) is 14.5. The van der Waals surface area contributed by atoms with E-state index in [0.29, 0.717) is 18.9 Å². The van der Waals surface area contributed by atoms with Crippen LogP contribution in [0.2, 0.25) is 0 Å². The normalized spacial score (nSPS) is 19.4. The summed E-state index contributed by atoms with van der Waals surface area (Å²) in [4.78, 5) is 43.8. The first kappa shape index (κ1) is 25.6. The molecular formula is C27H32FN3O5. The zero-order valence-electron chi connectivity index (χ0n) is 20.4. The van der Waals surface area contributed by atoms with Crippen molar-refractivity contribution in [3.63, 3.8) is 0 Å². The monoisotopic (exact) mass is 497 g/mol. The van der Waals surface area contributed by atoms with E-state index >= 15 is 0 Å². The second-order valence-corrected chi connectivity index (χ2v) is 9.54. The Balaban J connectivity index is 1.47. The van der Waals surface area contributed by atoms with Crippen LogP contribution in [0.5, 0.6) is 0 Å². The Morgan fingerprint density at radius 3 is 2.31 bits per heavy atom. The predicted molar refractivity (Wildman–Crippen MR) is 133 cm³/mol. The van der Waals surface area contributed by atoms with E-state index in [4.69, 9.17) is 4.74 Å². The number of benzene rings is 2. The quantitative estimate of drug-likeness (QED) is 0.648. The van der Waals surface area contributed by atoms with Crippen LogP contribution in [0.25, 0.3) is 0 Å². The number of likely N-dealkylation sites (tertiary alicyclic amines) is 1. The first-order chi connectivity index (χ1) is 17.3. The lowest BCUT2D eigenvalue weighted by Crippen LogP contribution is -2.53. The number of para-hydroxylation sites is 1. The van der Waals surface area contributed by atoms with Crippen molar-refractivity contribution in [2.45, 2.75) is 38.1 Å². The zero-order chi connectivity index (χ0) is 25.7. The van der Waals surface area contributed by atoms with Crippen LogP contribution >= 0.6 is 0 Å². The van der Waals surface area contributed by atoms with Crippen molar-refractivity contribution in [1.29, 1.82) is 0 Å². The maximum Gasteiger partial charge on any atom is 0.324 e. The molecule has 0 aliphatic carbocycles. The lowest BCUT2D eigenvalue weighted by atomic mass is 9.75. The molecule has 9 heteroatoms. The smallest absolute Gasteiger partial charge is 0.324 e. The van der Waals surface area contributed by atoms with Crippen molar-refractivity contribution in [2.24, 2.45) is 5.41 Å². The molecule has 4 rings (SSSR count). The van der Waals surface area contributed by atoms with Crippen LogP contribution in [0, 0.1) is 11.2 Å². The summed E-state index contributed by atoms with van der Waals surface area (Å²) in [7, 11) is 1.60. The highest BCUT2D eigenvalue weighted by molar-refractivity contribution is 5.97. The number of amides is 3. The number of rotatable bonds is 6. The van der Waals surface area contributed by atoms with Gasteiger partial charge in [-0.1, -0.05) is 18.2 Å². The molecule has 1 atom stereocenters. The molecule has 3 amide bonds. The van der Waals surface area contributed by atoms with Crippen LogP contribution < -0.4 is 9.80 Å². The minimum absolute atomic E-state index is 0.148. The summed E-state index contributed by atoms with van der Waals surface area (Å²) < 4.78 is 18.9. The first-order valence-corrected chi connectivity index (χ1v) is 12.3. The minimum Gasteiger partial charge on any atom is -0.481 e. The maximum atomic E-state index is 13.6. The highest BCUT2D eigenvalue weighted by atomic mass is 19.1. The van der Waals surface area contributed by atoms with Crippen LogP contribution in [0.3, 0.4) is 0 Å². The predicted octanol–water partition coefficient (Wildman–Crippen LogP) is 4.15. The number of carboxylic acid groups (broad SMARTS) is 1. The maximum absolute atomic E-state index is 13.6. The number of nitrogens with zero attached hydrogens (tertiary/aromatic N) is 3. The van der Waals surface area contributed by atoms with Crippen molar-refractivity contribution in [2.75, 3.05) is 43.2 Å². The number of halogens is 1. The van der Waals surface area contributed by atoms with Gasteiger partial charge in [-0.3, -0.25) is 14.5 Å². The van der Waals surface area contributed by atoms with Crippen molar-refractivity contribution in [1.82, 2.24) is 4.90 Å². The van der Waals surface area contributed by atoms with E-state index in [2.05, 4.69) is 0 Å².